The Balaban J connectivity index is 2.03. The zero-order chi connectivity index (χ0) is 17.4. The van der Waals surface area contributed by atoms with Crippen LogP contribution in [0, 0.1) is 6.92 Å². The van der Waals surface area contributed by atoms with Gasteiger partial charge >= 0.3 is 0 Å². The maximum Gasteiger partial charge on any atom is 0.267 e. The zero-order valence-electron chi connectivity index (χ0n) is 14.2. The van der Waals surface area contributed by atoms with Crippen LogP contribution in [0.1, 0.15) is 38.7 Å². The highest BCUT2D eigenvalue weighted by Gasteiger charge is 2.21. The van der Waals surface area contributed by atoms with Crippen molar-refractivity contribution in [1.29, 1.82) is 0 Å². The third kappa shape index (κ3) is 5.79. The number of amides is 1. The van der Waals surface area contributed by atoms with Crippen molar-refractivity contribution in [2.24, 2.45) is 0 Å². The van der Waals surface area contributed by atoms with Crippen LogP contribution in [-0.4, -0.2) is 28.0 Å². The topological polar surface area (TPSA) is 64.1 Å². The van der Waals surface area contributed by atoms with Crippen LogP contribution < -0.4 is 10.1 Å². The zero-order valence-corrected chi connectivity index (χ0v) is 15.9. The van der Waals surface area contributed by atoms with Crippen molar-refractivity contribution < 1.29 is 9.53 Å². The third-order valence-electron chi connectivity index (χ3n) is 3.28. The number of aromatic nitrogens is 2. The predicted octanol–water partition coefficient (Wildman–Crippen LogP) is 4.53. The second-order valence-corrected chi connectivity index (χ2v) is 7.85. The highest BCUT2D eigenvalue weighted by atomic mass is 32.2. The predicted molar refractivity (Wildman–Crippen MR) is 100 cm³/mol. The van der Waals surface area contributed by atoms with Crippen LogP contribution >= 0.6 is 23.1 Å². The highest BCUT2D eigenvalue weighted by Crippen LogP contribution is 2.25. The molecule has 5 nitrogen and oxygen atoms in total. The third-order valence-corrected chi connectivity index (χ3v) is 5.14. The minimum absolute atomic E-state index is 0.172. The van der Waals surface area contributed by atoms with E-state index in [0.717, 1.165) is 28.5 Å². The molecule has 0 radical (unpaired) electrons. The lowest BCUT2D eigenvalue weighted by Gasteiger charge is -2.18. The first-order valence-corrected chi connectivity index (χ1v) is 9.93. The highest BCUT2D eigenvalue weighted by molar-refractivity contribution is 8.01. The summed E-state index contributed by atoms with van der Waals surface area (Å²) in [6, 6.07) is 7.74. The molecule has 24 heavy (non-hydrogen) atoms. The van der Waals surface area contributed by atoms with Crippen LogP contribution in [0.5, 0.6) is 5.75 Å². The SMILES string of the molecule is CCCCC(Oc1cccc(C)c1)C(=O)Nc1nnc(SCC)s1. The number of benzene rings is 1. The maximum absolute atomic E-state index is 12.6. The molecule has 1 atom stereocenters. The van der Waals surface area contributed by atoms with E-state index in [9.17, 15) is 4.79 Å². The van der Waals surface area contributed by atoms with Crippen molar-refractivity contribution in [2.75, 3.05) is 11.1 Å². The molecular weight excluding hydrogens is 342 g/mol. The molecule has 1 N–H and O–H groups in total. The van der Waals surface area contributed by atoms with Crippen LogP contribution in [0.25, 0.3) is 0 Å². The lowest BCUT2D eigenvalue weighted by atomic mass is 10.1. The summed E-state index contributed by atoms with van der Waals surface area (Å²) in [5.74, 6) is 1.47. The molecule has 1 heterocycles. The Kier molecular flexibility index (Phi) is 7.52. The summed E-state index contributed by atoms with van der Waals surface area (Å²) < 4.78 is 6.78. The Labute approximate surface area is 151 Å². The molecule has 0 aliphatic carbocycles. The van der Waals surface area contributed by atoms with Gasteiger partial charge < -0.3 is 4.74 Å². The van der Waals surface area contributed by atoms with Gasteiger partial charge in [0.2, 0.25) is 5.13 Å². The number of nitrogens with zero attached hydrogens (tertiary/aromatic N) is 2. The van der Waals surface area contributed by atoms with Crippen molar-refractivity contribution in [3.8, 4) is 5.75 Å². The monoisotopic (exact) mass is 365 g/mol. The lowest BCUT2D eigenvalue weighted by molar-refractivity contribution is -0.123. The molecule has 1 aromatic heterocycles. The molecule has 2 aromatic rings. The molecule has 130 valence electrons. The van der Waals surface area contributed by atoms with Crippen molar-refractivity contribution in [3.05, 3.63) is 29.8 Å². The average Bonchev–Trinajstić information content (AvgIpc) is 2.99. The molecule has 0 saturated carbocycles. The smallest absolute Gasteiger partial charge is 0.267 e. The van der Waals surface area contributed by atoms with E-state index in [4.69, 9.17) is 4.74 Å². The number of hydrogen-bond donors (Lipinski definition) is 1. The Bertz CT molecular complexity index is 661. The number of unbranched alkanes of at least 4 members (excludes halogenated alkanes) is 1. The van der Waals surface area contributed by atoms with E-state index < -0.39 is 6.10 Å². The summed E-state index contributed by atoms with van der Waals surface area (Å²) in [6.07, 6.45) is 2.08. The first-order valence-electron chi connectivity index (χ1n) is 8.12. The molecule has 0 aliphatic heterocycles. The molecular formula is C17H23N3O2S2. The molecule has 1 aromatic carbocycles. The largest absolute Gasteiger partial charge is 0.481 e. The second kappa shape index (κ2) is 9.64. The van der Waals surface area contributed by atoms with Crippen LogP contribution in [0.3, 0.4) is 0 Å². The molecule has 2 rings (SSSR count). The lowest BCUT2D eigenvalue weighted by Crippen LogP contribution is -2.33. The van der Waals surface area contributed by atoms with Crippen molar-refractivity contribution >= 4 is 34.1 Å². The fourth-order valence-electron chi connectivity index (χ4n) is 2.11. The molecule has 0 saturated heterocycles. The van der Waals surface area contributed by atoms with Gasteiger partial charge in [0.15, 0.2) is 10.4 Å². The summed E-state index contributed by atoms with van der Waals surface area (Å²) >= 11 is 3.00. The Morgan fingerprint density at radius 2 is 2.21 bits per heavy atom. The minimum atomic E-state index is -0.530. The number of carbonyl (C=O) groups excluding carboxylic acids is 1. The van der Waals surface area contributed by atoms with E-state index in [1.54, 1.807) is 11.8 Å². The number of carbonyl (C=O) groups is 1. The standard InChI is InChI=1S/C17H23N3O2S2/c1-4-6-10-14(22-13-9-7-8-12(3)11-13)15(21)18-16-19-20-17(24-16)23-5-2/h7-9,11,14H,4-6,10H2,1-3H3,(H,18,19,21). The van der Waals surface area contributed by atoms with E-state index in [2.05, 4.69) is 29.4 Å². The number of ether oxygens (including phenoxy) is 1. The molecule has 7 heteroatoms. The molecule has 0 spiro atoms. The van der Waals surface area contributed by atoms with Gasteiger partial charge in [-0.05, 0) is 43.2 Å². The normalized spacial score (nSPS) is 12.0. The van der Waals surface area contributed by atoms with Crippen LogP contribution in [0.4, 0.5) is 5.13 Å². The van der Waals surface area contributed by atoms with Crippen LogP contribution in [0.2, 0.25) is 0 Å². The number of thioether (sulfide) groups is 1. The number of nitrogens with one attached hydrogen (secondary N) is 1. The summed E-state index contributed by atoms with van der Waals surface area (Å²) in [6.45, 7) is 6.16. The second-order valence-electron chi connectivity index (χ2n) is 5.36. The van der Waals surface area contributed by atoms with Gasteiger partial charge in [-0.2, -0.15) is 0 Å². The Hall–Kier alpha value is -1.60. The number of anilines is 1. The van der Waals surface area contributed by atoms with Gasteiger partial charge in [0.1, 0.15) is 5.75 Å². The number of hydrogen-bond acceptors (Lipinski definition) is 6. The van der Waals surface area contributed by atoms with Gasteiger partial charge in [-0.25, -0.2) is 0 Å². The van der Waals surface area contributed by atoms with E-state index in [-0.39, 0.29) is 5.91 Å². The van der Waals surface area contributed by atoms with Crippen molar-refractivity contribution in [3.63, 3.8) is 0 Å². The van der Waals surface area contributed by atoms with Crippen molar-refractivity contribution in [1.82, 2.24) is 10.2 Å². The van der Waals surface area contributed by atoms with Gasteiger partial charge in [-0.15, -0.1) is 10.2 Å². The first kappa shape index (κ1) is 18.7. The summed E-state index contributed by atoms with van der Waals surface area (Å²) in [5, 5.41) is 11.4. The average molecular weight is 366 g/mol. The van der Waals surface area contributed by atoms with Gasteiger partial charge in [-0.1, -0.05) is 55.5 Å². The van der Waals surface area contributed by atoms with E-state index in [1.165, 1.54) is 11.3 Å². The molecule has 0 fully saturated rings. The minimum Gasteiger partial charge on any atom is -0.481 e. The van der Waals surface area contributed by atoms with Gasteiger partial charge in [0.25, 0.3) is 5.91 Å². The van der Waals surface area contributed by atoms with E-state index in [0.29, 0.717) is 17.3 Å². The van der Waals surface area contributed by atoms with Crippen LogP contribution in [0.15, 0.2) is 28.6 Å². The van der Waals surface area contributed by atoms with E-state index >= 15 is 0 Å². The maximum atomic E-state index is 12.6. The molecule has 0 aliphatic rings. The summed E-state index contributed by atoms with van der Waals surface area (Å²) in [4.78, 5) is 12.6. The Morgan fingerprint density at radius 3 is 2.92 bits per heavy atom. The number of rotatable bonds is 9. The van der Waals surface area contributed by atoms with Crippen molar-refractivity contribution in [2.45, 2.75) is 50.5 Å². The van der Waals surface area contributed by atoms with Crippen LogP contribution in [-0.2, 0) is 4.79 Å². The van der Waals surface area contributed by atoms with Gasteiger partial charge in [0, 0.05) is 0 Å². The first-order chi connectivity index (χ1) is 11.6. The van der Waals surface area contributed by atoms with Gasteiger partial charge in [0.05, 0.1) is 0 Å². The molecule has 0 bridgehead atoms. The summed E-state index contributed by atoms with van der Waals surface area (Å²) in [5.41, 5.74) is 1.10. The van der Waals surface area contributed by atoms with E-state index in [1.807, 2.05) is 31.2 Å². The number of aryl methyl sites for hydroxylation is 1. The molecule has 1 unspecified atom stereocenters. The quantitative estimate of drug-likeness (QED) is 0.522. The fourth-order valence-corrected chi connectivity index (χ4v) is 3.77. The molecule has 1 amide bonds. The summed E-state index contributed by atoms with van der Waals surface area (Å²) in [7, 11) is 0. The van der Waals surface area contributed by atoms with Gasteiger partial charge in [-0.3, -0.25) is 10.1 Å². The fraction of sp³-hybridized carbons (Fsp3) is 0.471. The Morgan fingerprint density at radius 1 is 1.38 bits per heavy atom.